The average molecular weight is 301 g/mol. The Morgan fingerprint density at radius 3 is 2.76 bits per heavy atom. The SMILES string of the molecule is COc1cccc(CC(N)c2cc3ccccc3s2)c1F. The standard InChI is InChI=1S/C17H16FNOS/c1-20-14-7-4-6-12(17(14)18)9-13(19)16-10-11-5-2-3-8-15(11)21-16/h2-8,10,13H,9,19H2,1H3. The third-order valence-corrected chi connectivity index (χ3v) is 4.76. The molecule has 2 nitrogen and oxygen atoms in total. The van der Waals surface area contributed by atoms with Crippen LogP contribution in [0.3, 0.4) is 0 Å². The Morgan fingerprint density at radius 2 is 2.00 bits per heavy atom. The van der Waals surface area contributed by atoms with Gasteiger partial charge in [-0.3, -0.25) is 0 Å². The van der Waals surface area contributed by atoms with Crippen molar-refractivity contribution in [3.63, 3.8) is 0 Å². The summed E-state index contributed by atoms with van der Waals surface area (Å²) in [4.78, 5) is 1.07. The minimum Gasteiger partial charge on any atom is -0.494 e. The number of rotatable bonds is 4. The van der Waals surface area contributed by atoms with Gasteiger partial charge < -0.3 is 10.5 Å². The molecule has 4 heteroatoms. The highest BCUT2D eigenvalue weighted by Crippen LogP contribution is 2.31. The number of benzene rings is 2. The molecular weight excluding hydrogens is 285 g/mol. The topological polar surface area (TPSA) is 35.2 Å². The Bertz CT molecular complexity index is 735. The summed E-state index contributed by atoms with van der Waals surface area (Å²) in [6.07, 6.45) is 0.454. The van der Waals surface area contributed by atoms with Gasteiger partial charge in [-0.25, -0.2) is 4.39 Å². The first kappa shape index (κ1) is 14.0. The minimum absolute atomic E-state index is 0.219. The summed E-state index contributed by atoms with van der Waals surface area (Å²) in [7, 11) is 1.47. The maximum Gasteiger partial charge on any atom is 0.168 e. The second-order valence-corrected chi connectivity index (χ2v) is 6.05. The highest BCUT2D eigenvalue weighted by atomic mass is 32.1. The lowest BCUT2D eigenvalue weighted by molar-refractivity contribution is 0.383. The number of hydrogen-bond donors (Lipinski definition) is 1. The number of ether oxygens (including phenoxy) is 1. The molecule has 3 rings (SSSR count). The third kappa shape index (κ3) is 2.77. The zero-order valence-corrected chi connectivity index (χ0v) is 12.5. The van der Waals surface area contributed by atoms with Gasteiger partial charge in [0, 0.05) is 15.6 Å². The third-order valence-electron chi connectivity index (χ3n) is 3.51. The molecule has 1 atom stereocenters. The van der Waals surface area contributed by atoms with Crippen molar-refractivity contribution in [1.82, 2.24) is 0 Å². The molecule has 0 aliphatic rings. The molecule has 0 radical (unpaired) electrons. The summed E-state index contributed by atoms with van der Waals surface area (Å²) < 4.78 is 20.4. The highest BCUT2D eigenvalue weighted by molar-refractivity contribution is 7.19. The van der Waals surface area contributed by atoms with Crippen molar-refractivity contribution in [3.05, 3.63) is 64.8 Å². The van der Waals surface area contributed by atoms with Crippen LogP contribution in [0.1, 0.15) is 16.5 Å². The summed E-state index contributed by atoms with van der Waals surface area (Å²) in [6.45, 7) is 0. The van der Waals surface area contributed by atoms with E-state index in [-0.39, 0.29) is 17.6 Å². The fraction of sp³-hybridized carbons (Fsp3) is 0.176. The van der Waals surface area contributed by atoms with E-state index in [1.165, 1.54) is 17.2 Å². The Hall–Kier alpha value is -1.91. The molecule has 108 valence electrons. The second kappa shape index (κ2) is 5.84. The zero-order chi connectivity index (χ0) is 14.8. The molecule has 1 unspecified atom stereocenters. The first-order chi connectivity index (χ1) is 10.2. The first-order valence-electron chi connectivity index (χ1n) is 6.74. The lowest BCUT2D eigenvalue weighted by Crippen LogP contribution is -2.13. The van der Waals surface area contributed by atoms with Gasteiger partial charge in [0.05, 0.1) is 7.11 Å². The first-order valence-corrected chi connectivity index (χ1v) is 7.56. The summed E-state index contributed by atoms with van der Waals surface area (Å²) >= 11 is 1.66. The minimum atomic E-state index is -0.323. The molecule has 2 aromatic carbocycles. The average Bonchev–Trinajstić information content (AvgIpc) is 2.93. The van der Waals surface area contributed by atoms with Gasteiger partial charge in [-0.2, -0.15) is 0 Å². The smallest absolute Gasteiger partial charge is 0.168 e. The van der Waals surface area contributed by atoms with Gasteiger partial charge >= 0.3 is 0 Å². The van der Waals surface area contributed by atoms with E-state index in [1.54, 1.807) is 29.5 Å². The van der Waals surface area contributed by atoms with Crippen molar-refractivity contribution in [2.45, 2.75) is 12.5 Å². The van der Waals surface area contributed by atoms with Crippen LogP contribution in [0.5, 0.6) is 5.75 Å². The van der Waals surface area contributed by atoms with Crippen LogP contribution < -0.4 is 10.5 Å². The number of halogens is 1. The Morgan fingerprint density at radius 1 is 1.19 bits per heavy atom. The molecule has 21 heavy (non-hydrogen) atoms. The monoisotopic (exact) mass is 301 g/mol. The van der Waals surface area contributed by atoms with Crippen LogP contribution in [0.4, 0.5) is 4.39 Å². The van der Waals surface area contributed by atoms with Crippen LogP contribution in [0, 0.1) is 5.82 Å². The molecule has 2 N–H and O–H groups in total. The van der Waals surface area contributed by atoms with Crippen molar-refractivity contribution in [2.75, 3.05) is 7.11 Å². The molecule has 0 bridgehead atoms. The molecule has 3 aromatic rings. The van der Waals surface area contributed by atoms with E-state index in [2.05, 4.69) is 18.2 Å². The fourth-order valence-corrected chi connectivity index (χ4v) is 3.46. The van der Waals surface area contributed by atoms with E-state index in [0.29, 0.717) is 12.0 Å². The van der Waals surface area contributed by atoms with Crippen molar-refractivity contribution in [1.29, 1.82) is 0 Å². The van der Waals surface area contributed by atoms with Crippen molar-refractivity contribution < 1.29 is 9.13 Å². The lowest BCUT2D eigenvalue weighted by Gasteiger charge is -2.12. The van der Waals surface area contributed by atoms with Crippen molar-refractivity contribution in [3.8, 4) is 5.75 Å². The number of methoxy groups -OCH3 is 1. The second-order valence-electron chi connectivity index (χ2n) is 4.93. The maximum absolute atomic E-state index is 14.2. The summed E-state index contributed by atoms with van der Waals surface area (Å²) in [5.74, 6) is -0.0624. The van der Waals surface area contributed by atoms with Gasteiger partial charge in [0.1, 0.15) is 0 Å². The Labute approximate surface area is 127 Å². The highest BCUT2D eigenvalue weighted by Gasteiger charge is 2.15. The summed E-state index contributed by atoms with van der Waals surface area (Å²) in [6, 6.07) is 15.2. The zero-order valence-electron chi connectivity index (χ0n) is 11.7. The van der Waals surface area contributed by atoms with Gasteiger partial charge in [-0.05, 0) is 35.6 Å². The predicted molar refractivity (Wildman–Crippen MR) is 85.4 cm³/mol. The van der Waals surface area contributed by atoms with Crippen LogP contribution in [0.2, 0.25) is 0 Å². The van der Waals surface area contributed by atoms with Crippen LogP contribution >= 0.6 is 11.3 Å². The van der Waals surface area contributed by atoms with Gasteiger partial charge in [0.25, 0.3) is 0 Å². The molecule has 0 fully saturated rings. The van der Waals surface area contributed by atoms with Gasteiger partial charge in [-0.1, -0.05) is 30.3 Å². The normalized spacial score (nSPS) is 12.5. The predicted octanol–water partition coefficient (Wildman–Crippen LogP) is 4.29. The largest absolute Gasteiger partial charge is 0.494 e. The van der Waals surface area contributed by atoms with Gasteiger partial charge in [0.15, 0.2) is 11.6 Å². The van der Waals surface area contributed by atoms with E-state index in [0.717, 1.165) is 4.88 Å². The van der Waals surface area contributed by atoms with Gasteiger partial charge in [0.2, 0.25) is 0 Å². The Kier molecular flexibility index (Phi) is 3.90. The fourth-order valence-electron chi connectivity index (χ4n) is 2.39. The molecule has 0 amide bonds. The molecule has 1 aromatic heterocycles. The molecule has 0 aliphatic carbocycles. The molecule has 0 saturated carbocycles. The number of thiophene rings is 1. The van der Waals surface area contributed by atoms with E-state index >= 15 is 0 Å². The quantitative estimate of drug-likeness (QED) is 0.780. The summed E-state index contributed by atoms with van der Waals surface area (Å²) in [5.41, 5.74) is 6.84. The number of nitrogens with two attached hydrogens (primary N) is 1. The molecular formula is C17H16FNOS. The molecule has 0 aliphatic heterocycles. The maximum atomic E-state index is 14.2. The number of fused-ring (bicyclic) bond motifs is 1. The van der Waals surface area contributed by atoms with E-state index in [4.69, 9.17) is 10.5 Å². The number of hydrogen-bond acceptors (Lipinski definition) is 3. The van der Waals surface area contributed by atoms with Crippen LogP contribution in [-0.2, 0) is 6.42 Å². The lowest BCUT2D eigenvalue weighted by atomic mass is 10.0. The van der Waals surface area contributed by atoms with E-state index in [9.17, 15) is 4.39 Å². The molecule has 0 spiro atoms. The Balaban J connectivity index is 1.87. The molecule has 0 saturated heterocycles. The van der Waals surface area contributed by atoms with E-state index < -0.39 is 0 Å². The van der Waals surface area contributed by atoms with Crippen LogP contribution in [0.15, 0.2) is 48.5 Å². The van der Waals surface area contributed by atoms with Crippen molar-refractivity contribution >= 4 is 21.4 Å². The van der Waals surface area contributed by atoms with Gasteiger partial charge in [-0.15, -0.1) is 11.3 Å². The summed E-state index contributed by atoms with van der Waals surface area (Å²) in [5, 5.41) is 1.18. The van der Waals surface area contributed by atoms with Crippen LogP contribution in [-0.4, -0.2) is 7.11 Å². The van der Waals surface area contributed by atoms with Crippen molar-refractivity contribution in [2.24, 2.45) is 5.73 Å². The van der Waals surface area contributed by atoms with E-state index in [1.807, 2.05) is 12.1 Å². The molecule has 1 heterocycles. The van der Waals surface area contributed by atoms with Crippen LogP contribution in [0.25, 0.3) is 10.1 Å².